The van der Waals surface area contributed by atoms with Crippen molar-refractivity contribution in [1.82, 2.24) is 10.2 Å². The van der Waals surface area contributed by atoms with E-state index in [2.05, 4.69) is 24.1 Å². The van der Waals surface area contributed by atoms with Crippen LogP contribution in [0.1, 0.15) is 20.3 Å². The maximum Gasteiger partial charge on any atom is 0.224 e. The Kier molecular flexibility index (Phi) is 5.50. The smallest absolute Gasteiger partial charge is 0.224 e. The van der Waals surface area contributed by atoms with Crippen molar-refractivity contribution in [3.8, 4) is 0 Å². The fourth-order valence-corrected chi connectivity index (χ4v) is 2.61. The Morgan fingerprint density at radius 1 is 1.39 bits per heavy atom. The zero-order chi connectivity index (χ0) is 13.9. The summed E-state index contributed by atoms with van der Waals surface area (Å²) in [5, 5.41) is 2.98. The van der Waals surface area contributed by atoms with Crippen molar-refractivity contribution in [2.24, 2.45) is 17.3 Å². The Hall–Kier alpha value is -0.250. The molecule has 0 heterocycles. The number of amides is 1. The average Bonchev–Trinajstić information content (AvgIpc) is 2.74. The summed E-state index contributed by atoms with van der Waals surface area (Å²) in [6, 6.07) is 0. The highest BCUT2D eigenvalue weighted by atomic mass is 35.5. The normalized spacial score (nSPS) is 24.8. The molecule has 0 unspecified atom stereocenters. The molecule has 1 rings (SSSR count). The monoisotopic (exact) mass is 292 g/mol. The summed E-state index contributed by atoms with van der Waals surface area (Å²) in [5.41, 5.74) is -0.0410. The molecule has 18 heavy (non-hydrogen) atoms. The third-order valence-electron chi connectivity index (χ3n) is 3.58. The molecule has 1 fully saturated rings. The molecule has 0 aromatic carbocycles. The van der Waals surface area contributed by atoms with Crippen LogP contribution in [-0.2, 0) is 4.79 Å². The molecule has 3 nitrogen and oxygen atoms in total. The molecule has 1 saturated carbocycles. The maximum atomic E-state index is 12.0. The predicted molar refractivity (Wildman–Crippen MR) is 76.7 cm³/mol. The number of rotatable bonds is 6. The highest BCUT2D eigenvalue weighted by Crippen LogP contribution is 2.59. The fourth-order valence-electron chi connectivity index (χ4n) is 2.34. The van der Waals surface area contributed by atoms with E-state index in [4.69, 9.17) is 23.2 Å². The third-order valence-corrected chi connectivity index (χ3v) is 3.83. The molecule has 0 aromatic heterocycles. The first-order chi connectivity index (χ1) is 8.26. The number of carbonyl (C=O) groups is 1. The second-order valence-corrected chi connectivity index (χ2v) is 6.74. The van der Waals surface area contributed by atoms with Gasteiger partial charge in [-0.05, 0) is 44.5 Å². The second-order valence-electron chi connectivity index (χ2n) is 5.73. The van der Waals surface area contributed by atoms with Crippen molar-refractivity contribution < 1.29 is 4.79 Å². The SMILES string of the molecule is CN(C)CCCNC(=O)[C@H]1[C@@H](C=C(Cl)Cl)C1(C)C. The van der Waals surface area contributed by atoms with Crippen LogP contribution in [0.2, 0.25) is 0 Å². The first kappa shape index (κ1) is 15.8. The molecule has 5 heteroatoms. The van der Waals surface area contributed by atoms with Crippen LogP contribution in [0.4, 0.5) is 0 Å². The van der Waals surface area contributed by atoms with Crippen LogP contribution >= 0.6 is 23.2 Å². The number of allylic oxidation sites excluding steroid dienone is 1. The topological polar surface area (TPSA) is 32.3 Å². The van der Waals surface area contributed by atoms with Crippen LogP contribution in [0, 0.1) is 17.3 Å². The largest absolute Gasteiger partial charge is 0.356 e. The van der Waals surface area contributed by atoms with Crippen molar-refractivity contribution in [1.29, 1.82) is 0 Å². The van der Waals surface area contributed by atoms with Crippen molar-refractivity contribution in [2.75, 3.05) is 27.2 Å². The summed E-state index contributed by atoms with van der Waals surface area (Å²) in [4.78, 5) is 14.1. The number of nitrogens with one attached hydrogen (secondary N) is 1. The molecule has 0 aliphatic heterocycles. The minimum absolute atomic E-state index is 0.00986. The van der Waals surface area contributed by atoms with Crippen molar-refractivity contribution in [2.45, 2.75) is 20.3 Å². The Bertz CT molecular complexity index is 336. The van der Waals surface area contributed by atoms with Crippen molar-refractivity contribution in [3.63, 3.8) is 0 Å². The van der Waals surface area contributed by atoms with E-state index in [9.17, 15) is 4.79 Å². The third kappa shape index (κ3) is 4.15. The standard InChI is InChI=1S/C13H22Cl2N2O/c1-13(2)9(8-10(14)15)11(13)12(18)16-6-5-7-17(3)4/h8-9,11H,5-7H2,1-4H3,(H,16,18)/t9-,11-/m1/s1. The highest BCUT2D eigenvalue weighted by molar-refractivity contribution is 6.55. The number of hydrogen-bond acceptors (Lipinski definition) is 2. The molecule has 1 aliphatic rings. The van der Waals surface area contributed by atoms with Gasteiger partial charge in [0.2, 0.25) is 5.91 Å². The lowest BCUT2D eigenvalue weighted by atomic mass is 10.1. The van der Waals surface area contributed by atoms with Gasteiger partial charge in [-0.15, -0.1) is 0 Å². The maximum absolute atomic E-state index is 12.0. The van der Waals surface area contributed by atoms with E-state index in [1.807, 2.05) is 14.1 Å². The summed E-state index contributed by atoms with van der Waals surface area (Å²) in [6.45, 7) is 5.82. The summed E-state index contributed by atoms with van der Waals surface area (Å²) < 4.78 is 0.246. The van der Waals surface area contributed by atoms with Gasteiger partial charge >= 0.3 is 0 Å². The number of nitrogens with zero attached hydrogens (tertiary/aromatic N) is 1. The summed E-state index contributed by atoms with van der Waals surface area (Å²) in [5.74, 6) is 0.246. The number of carbonyl (C=O) groups excluding carboxylic acids is 1. The van der Waals surface area contributed by atoms with Crippen LogP contribution in [-0.4, -0.2) is 38.0 Å². The molecule has 1 N–H and O–H groups in total. The van der Waals surface area contributed by atoms with Gasteiger partial charge in [0.05, 0.1) is 5.92 Å². The first-order valence-corrected chi connectivity index (χ1v) is 6.97. The minimum atomic E-state index is -0.0410. The molecule has 1 amide bonds. The van der Waals surface area contributed by atoms with E-state index in [0.717, 1.165) is 13.0 Å². The van der Waals surface area contributed by atoms with Gasteiger partial charge in [0.1, 0.15) is 4.49 Å². The van der Waals surface area contributed by atoms with Gasteiger partial charge in [-0.2, -0.15) is 0 Å². The number of halogens is 2. The molecule has 1 aliphatic carbocycles. The van der Waals surface area contributed by atoms with Gasteiger partial charge < -0.3 is 10.2 Å². The lowest BCUT2D eigenvalue weighted by molar-refractivity contribution is -0.123. The van der Waals surface area contributed by atoms with E-state index in [-0.39, 0.29) is 27.6 Å². The molecule has 0 saturated heterocycles. The van der Waals surface area contributed by atoms with Crippen LogP contribution < -0.4 is 5.32 Å². The highest BCUT2D eigenvalue weighted by Gasteiger charge is 2.60. The molecule has 104 valence electrons. The van der Waals surface area contributed by atoms with Crippen LogP contribution in [0.25, 0.3) is 0 Å². The zero-order valence-corrected chi connectivity index (χ0v) is 13.0. The van der Waals surface area contributed by atoms with E-state index in [1.54, 1.807) is 6.08 Å². The lowest BCUT2D eigenvalue weighted by Gasteiger charge is -2.10. The Morgan fingerprint density at radius 2 is 2.00 bits per heavy atom. The molecular weight excluding hydrogens is 271 g/mol. The second kappa shape index (κ2) is 6.27. The first-order valence-electron chi connectivity index (χ1n) is 6.22. The average molecular weight is 293 g/mol. The Morgan fingerprint density at radius 3 is 2.50 bits per heavy atom. The van der Waals surface area contributed by atoms with E-state index >= 15 is 0 Å². The lowest BCUT2D eigenvalue weighted by Crippen LogP contribution is -2.29. The van der Waals surface area contributed by atoms with Gasteiger partial charge in [0, 0.05) is 6.54 Å². The van der Waals surface area contributed by atoms with Gasteiger partial charge in [-0.1, -0.05) is 37.0 Å². The van der Waals surface area contributed by atoms with Crippen molar-refractivity contribution in [3.05, 3.63) is 10.6 Å². The van der Waals surface area contributed by atoms with Gasteiger partial charge in [0.25, 0.3) is 0 Å². The van der Waals surface area contributed by atoms with E-state index < -0.39 is 0 Å². The Labute approximate surface area is 120 Å². The number of hydrogen-bond donors (Lipinski definition) is 1. The Balaban J connectivity index is 2.37. The summed E-state index contributed by atoms with van der Waals surface area (Å²) >= 11 is 11.3. The molecule has 0 spiro atoms. The minimum Gasteiger partial charge on any atom is -0.356 e. The molecular formula is C13H22Cl2N2O. The predicted octanol–water partition coefficient (Wildman–Crippen LogP) is 2.65. The van der Waals surface area contributed by atoms with Gasteiger partial charge in [-0.25, -0.2) is 0 Å². The quantitative estimate of drug-likeness (QED) is 0.764. The zero-order valence-electron chi connectivity index (χ0n) is 11.5. The van der Waals surface area contributed by atoms with Crippen LogP contribution in [0.5, 0.6) is 0 Å². The van der Waals surface area contributed by atoms with E-state index in [1.165, 1.54) is 0 Å². The van der Waals surface area contributed by atoms with Gasteiger partial charge in [-0.3, -0.25) is 4.79 Å². The van der Waals surface area contributed by atoms with Crippen molar-refractivity contribution >= 4 is 29.1 Å². The van der Waals surface area contributed by atoms with Crippen LogP contribution in [0.15, 0.2) is 10.6 Å². The molecule has 0 aromatic rings. The molecule has 0 bridgehead atoms. The molecule has 2 atom stereocenters. The van der Waals surface area contributed by atoms with E-state index in [0.29, 0.717) is 6.54 Å². The molecule has 0 radical (unpaired) electrons. The van der Waals surface area contributed by atoms with Gasteiger partial charge in [0.15, 0.2) is 0 Å². The summed E-state index contributed by atoms with van der Waals surface area (Å²) in [7, 11) is 4.05. The van der Waals surface area contributed by atoms with Crippen LogP contribution in [0.3, 0.4) is 0 Å². The summed E-state index contributed by atoms with van der Waals surface area (Å²) in [6.07, 6.45) is 2.73. The fraction of sp³-hybridized carbons (Fsp3) is 0.769.